The predicted molar refractivity (Wildman–Crippen MR) is 60.3 cm³/mol. The summed E-state index contributed by atoms with van der Waals surface area (Å²) in [5.41, 5.74) is 13.7. The van der Waals surface area contributed by atoms with Crippen molar-refractivity contribution in [1.82, 2.24) is 4.98 Å². The molecule has 0 spiro atoms. The van der Waals surface area contributed by atoms with Gasteiger partial charge in [0.2, 0.25) is 0 Å². The zero-order chi connectivity index (χ0) is 10.8. The van der Waals surface area contributed by atoms with Crippen LogP contribution in [0.15, 0.2) is 30.5 Å². The van der Waals surface area contributed by atoms with Gasteiger partial charge in [-0.25, -0.2) is 0 Å². The van der Waals surface area contributed by atoms with Crippen molar-refractivity contribution >= 4 is 10.9 Å². The van der Waals surface area contributed by atoms with E-state index in [9.17, 15) is 0 Å². The van der Waals surface area contributed by atoms with E-state index in [1.54, 1.807) is 0 Å². The van der Waals surface area contributed by atoms with Crippen LogP contribution in [0.5, 0.6) is 0 Å². The fourth-order valence-electron chi connectivity index (χ4n) is 1.71. The number of hydrogen-bond donors (Lipinski definition) is 4. The molecule has 2 aromatic rings. The Bertz CT molecular complexity index is 452. The Labute approximate surface area is 87.9 Å². The van der Waals surface area contributed by atoms with Gasteiger partial charge < -0.3 is 21.6 Å². The lowest BCUT2D eigenvalue weighted by Crippen LogP contribution is -2.36. The Kier molecular flexibility index (Phi) is 2.73. The summed E-state index contributed by atoms with van der Waals surface area (Å²) in [5.74, 6) is 0. The van der Waals surface area contributed by atoms with Crippen molar-refractivity contribution < 1.29 is 5.11 Å². The summed E-state index contributed by atoms with van der Waals surface area (Å²) >= 11 is 0. The molecule has 4 heteroatoms. The van der Waals surface area contributed by atoms with Crippen molar-refractivity contribution in [3.63, 3.8) is 0 Å². The maximum Gasteiger partial charge on any atom is 0.0601 e. The molecule has 0 bridgehead atoms. The number of benzene rings is 1. The van der Waals surface area contributed by atoms with Gasteiger partial charge in [-0.2, -0.15) is 0 Å². The van der Waals surface area contributed by atoms with Crippen LogP contribution in [-0.2, 0) is 0 Å². The summed E-state index contributed by atoms with van der Waals surface area (Å²) in [6.45, 7) is -0.110. The second kappa shape index (κ2) is 4.02. The largest absolute Gasteiger partial charge is 0.395 e. The third-order valence-electron chi connectivity index (χ3n) is 2.65. The SMILES string of the molecule is NC(CO)C(N)c1c[nH]c2ccccc12. The summed E-state index contributed by atoms with van der Waals surface area (Å²) in [4.78, 5) is 3.13. The first-order valence-corrected chi connectivity index (χ1v) is 4.92. The average molecular weight is 205 g/mol. The van der Waals surface area contributed by atoms with Crippen molar-refractivity contribution in [2.75, 3.05) is 6.61 Å². The van der Waals surface area contributed by atoms with Gasteiger partial charge in [0.25, 0.3) is 0 Å². The molecule has 0 fully saturated rings. The van der Waals surface area contributed by atoms with Gasteiger partial charge >= 0.3 is 0 Å². The molecule has 0 amide bonds. The van der Waals surface area contributed by atoms with Crippen molar-refractivity contribution in [1.29, 1.82) is 0 Å². The highest BCUT2D eigenvalue weighted by Crippen LogP contribution is 2.23. The molecule has 1 aromatic carbocycles. The number of rotatable bonds is 3. The lowest BCUT2D eigenvalue weighted by Gasteiger charge is -2.16. The molecule has 2 atom stereocenters. The smallest absolute Gasteiger partial charge is 0.0601 e. The molecule has 80 valence electrons. The first-order chi connectivity index (χ1) is 7.24. The molecule has 0 aliphatic rings. The lowest BCUT2D eigenvalue weighted by atomic mass is 10.0. The molecule has 6 N–H and O–H groups in total. The second-order valence-corrected chi connectivity index (χ2v) is 3.66. The zero-order valence-electron chi connectivity index (χ0n) is 8.35. The number of aromatic nitrogens is 1. The van der Waals surface area contributed by atoms with Crippen LogP contribution < -0.4 is 11.5 Å². The normalized spacial score (nSPS) is 15.4. The highest BCUT2D eigenvalue weighted by molar-refractivity contribution is 5.83. The molecule has 2 unspecified atom stereocenters. The van der Waals surface area contributed by atoms with Gasteiger partial charge in [-0.15, -0.1) is 0 Å². The Morgan fingerprint density at radius 2 is 2.00 bits per heavy atom. The van der Waals surface area contributed by atoms with E-state index in [-0.39, 0.29) is 12.6 Å². The maximum absolute atomic E-state index is 8.96. The standard InChI is InChI=1S/C11H15N3O/c12-9(6-15)11(13)8-5-14-10-4-2-1-3-7(8)10/h1-5,9,11,14-15H,6,12-13H2. The van der Waals surface area contributed by atoms with Gasteiger partial charge in [0.15, 0.2) is 0 Å². The van der Waals surface area contributed by atoms with Gasteiger partial charge in [-0.1, -0.05) is 18.2 Å². The van der Waals surface area contributed by atoms with Crippen molar-refractivity contribution in [3.8, 4) is 0 Å². The number of nitrogens with two attached hydrogens (primary N) is 2. The molecule has 0 aliphatic carbocycles. The Morgan fingerprint density at radius 1 is 1.27 bits per heavy atom. The van der Waals surface area contributed by atoms with Crippen LogP contribution in [-0.4, -0.2) is 22.7 Å². The quantitative estimate of drug-likeness (QED) is 0.588. The number of nitrogens with one attached hydrogen (secondary N) is 1. The third kappa shape index (κ3) is 1.74. The zero-order valence-corrected chi connectivity index (χ0v) is 8.35. The van der Waals surface area contributed by atoms with Crippen molar-refractivity contribution in [2.45, 2.75) is 12.1 Å². The average Bonchev–Trinajstić information content (AvgIpc) is 2.70. The number of hydrogen-bond acceptors (Lipinski definition) is 3. The molecule has 0 radical (unpaired) electrons. The van der Waals surface area contributed by atoms with Crippen LogP contribution in [0, 0.1) is 0 Å². The van der Waals surface area contributed by atoms with E-state index in [0.717, 1.165) is 16.5 Å². The van der Waals surface area contributed by atoms with Crippen molar-refractivity contribution in [3.05, 3.63) is 36.0 Å². The number of H-pyrrole nitrogens is 1. The van der Waals surface area contributed by atoms with Crippen LogP contribution in [0.25, 0.3) is 10.9 Å². The van der Waals surface area contributed by atoms with Gasteiger partial charge in [0.05, 0.1) is 6.61 Å². The Morgan fingerprint density at radius 3 is 2.73 bits per heavy atom. The number of fused-ring (bicyclic) bond motifs is 1. The van der Waals surface area contributed by atoms with E-state index in [4.69, 9.17) is 16.6 Å². The number of aliphatic hydroxyl groups excluding tert-OH is 1. The van der Waals surface area contributed by atoms with Crippen LogP contribution >= 0.6 is 0 Å². The van der Waals surface area contributed by atoms with Gasteiger partial charge in [0, 0.05) is 29.2 Å². The molecule has 15 heavy (non-hydrogen) atoms. The van der Waals surface area contributed by atoms with Crippen LogP contribution in [0.1, 0.15) is 11.6 Å². The maximum atomic E-state index is 8.96. The first kappa shape index (κ1) is 10.2. The highest BCUT2D eigenvalue weighted by Gasteiger charge is 2.17. The van der Waals surface area contributed by atoms with E-state index in [1.807, 2.05) is 30.5 Å². The predicted octanol–water partition coefficient (Wildman–Crippen LogP) is 0.487. The summed E-state index contributed by atoms with van der Waals surface area (Å²) in [7, 11) is 0. The summed E-state index contributed by atoms with van der Waals surface area (Å²) in [6.07, 6.45) is 1.85. The minimum absolute atomic E-state index is 0.110. The number of aromatic amines is 1. The lowest BCUT2D eigenvalue weighted by molar-refractivity contribution is 0.250. The summed E-state index contributed by atoms with van der Waals surface area (Å²) in [6, 6.07) is 7.12. The Hall–Kier alpha value is -1.36. The number of aliphatic hydroxyl groups is 1. The van der Waals surface area contributed by atoms with E-state index < -0.39 is 6.04 Å². The topological polar surface area (TPSA) is 88.1 Å². The monoisotopic (exact) mass is 205 g/mol. The van der Waals surface area contributed by atoms with Gasteiger partial charge in [-0.3, -0.25) is 0 Å². The van der Waals surface area contributed by atoms with Gasteiger partial charge in [0.1, 0.15) is 0 Å². The minimum Gasteiger partial charge on any atom is -0.395 e. The molecule has 4 nitrogen and oxygen atoms in total. The number of para-hydroxylation sites is 1. The van der Waals surface area contributed by atoms with Gasteiger partial charge in [-0.05, 0) is 11.6 Å². The van der Waals surface area contributed by atoms with Crippen LogP contribution in [0.3, 0.4) is 0 Å². The molecular weight excluding hydrogens is 190 g/mol. The van der Waals surface area contributed by atoms with Crippen LogP contribution in [0.2, 0.25) is 0 Å². The third-order valence-corrected chi connectivity index (χ3v) is 2.65. The molecule has 0 saturated carbocycles. The highest BCUT2D eigenvalue weighted by atomic mass is 16.3. The molecule has 1 aromatic heterocycles. The second-order valence-electron chi connectivity index (χ2n) is 3.66. The van der Waals surface area contributed by atoms with E-state index in [0.29, 0.717) is 0 Å². The van der Waals surface area contributed by atoms with E-state index in [1.165, 1.54) is 0 Å². The van der Waals surface area contributed by atoms with Crippen molar-refractivity contribution in [2.24, 2.45) is 11.5 Å². The van der Waals surface area contributed by atoms with E-state index in [2.05, 4.69) is 4.98 Å². The molecular formula is C11H15N3O. The summed E-state index contributed by atoms with van der Waals surface area (Å²) < 4.78 is 0. The first-order valence-electron chi connectivity index (χ1n) is 4.92. The molecule has 0 aliphatic heterocycles. The fourth-order valence-corrected chi connectivity index (χ4v) is 1.71. The molecule has 2 rings (SSSR count). The molecule has 1 heterocycles. The summed E-state index contributed by atoms with van der Waals surface area (Å²) in [5, 5.41) is 10.0. The van der Waals surface area contributed by atoms with Crippen LogP contribution in [0.4, 0.5) is 0 Å². The Balaban J connectivity index is 2.43. The van der Waals surface area contributed by atoms with E-state index >= 15 is 0 Å². The molecule has 0 saturated heterocycles. The minimum atomic E-state index is -0.427. The fraction of sp³-hybridized carbons (Fsp3) is 0.273.